The van der Waals surface area contributed by atoms with Gasteiger partial charge in [0.25, 0.3) is 31.9 Å². The predicted octanol–water partition coefficient (Wildman–Crippen LogP) is 4.95. The monoisotopic (exact) mass is 2070 g/mol. The fourth-order valence-electron chi connectivity index (χ4n) is 9.59. The van der Waals surface area contributed by atoms with Crippen LogP contribution in [0.3, 0.4) is 0 Å². The summed E-state index contributed by atoms with van der Waals surface area (Å²) in [7, 11) is -2.28. The summed E-state index contributed by atoms with van der Waals surface area (Å²) < 4.78 is 52.4. The van der Waals surface area contributed by atoms with Crippen LogP contribution in [0.1, 0.15) is 63.1 Å². The number of aliphatic carboxylic acids is 1. The van der Waals surface area contributed by atoms with E-state index in [1.54, 1.807) is 67.4 Å². The quantitative estimate of drug-likeness (QED) is 0.00992. The van der Waals surface area contributed by atoms with Gasteiger partial charge in [0.05, 0.1) is 113 Å². The van der Waals surface area contributed by atoms with E-state index in [-0.39, 0.29) is 75.9 Å². The number of hydrogen-bond donors (Lipinski definition) is 12. The Labute approximate surface area is 818 Å². The summed E-state index contributed by atoms with van der Waals surface area (Å²) in [5.41, 5.74) is 7.88. The van der Waals surface area contributed by atoms with Gasteiger partial charge in [-0.3, -0.25) is 73.0 Å². The number of aliphatic hydroxyl groups excluding tert-OH is 1. The summed E-state index contributed by atoms with van der Waals surface area (Å²) in [5.74, 6) is -0.116. The average Bonchev–Trinajstić information content (AvgIpc) is 0.788. The van der Waals surface area contributed by atoms with Crippen molar-refractivity contribution in [3.8, 4) is 0 Å². The zero-order valence-corrected chi connectivity index (χ0v) is 83.1. The number of anilines is 3. The Kier molecular flexibility index (Phi) is 56.6. The molecule has 61 heteroatoms. The number of carboxylic acid groups (broad SMARTS) is 1. The van der Waals surface area contributed by atoms with E-state index in [1.165, 1.54) is 69.6 Å². The summed E-state index contributed by atoms with van der Waals surface area (Å²) in [5, 5.41) is 27.2. The maximum absolute atomic E-state index is 11.4. The number of aromatic amines is 8. The van der Waals surface area contributed by atoms with E-state index in [0.717, 1.165) is 113 Å². The van der Waals surface area contributed by atoms with Gasteiger partial charge < -0.3 is 74.7 Å². The van der Waals surface area contributed by atoms with Crippen LogP contribution in [0.4, 0.5) is 23.0 Å². The van der Waals surface area contributed by atoms with Gasteiger partial charge in [0, 0.05) is 77.6 Å². The molecule has 0 aliphatic carbocycles. The average molecular weight is 2080 g/mol. The van der Waals surface area contributed by atoms with Gasteiger partial charge in [0.1, 0.15) is 41.7 Å². The standard InChI is InChI=1S/C13H15ClN4O.C12H13ClN4O2.C10H7Cl2N3O2.C10H9N3O4.C8H7N3O2.C4H3N3O4.C4H5N3O2.C4H9NO.C4H6O.C2H4O2.Cl3OP.ClH.2Na.O2S2/c1-2-9-3-4-10-11(15-9)12(17-13(14)16-10)18-5-7-19-8-6-18;13-12-15-9-2-1-8(7-18)14-10(9)11(16-12)17-3-5-19-6-4-17;1-5(16)17-4-6-2-3-7-8(13-6)9(11)15-10(12)14-7;1-5(14)17-4-6-2-3-7-8(11-6)9(15)13-10(16)12-7;1-4-2-3-5-6(9-4)7(12)11-8(13)10-5;8-3-2(7(10)11)1-5-4(9)6-3;5-2-1-6-4(9)7-3(2)8;1-3-6-4-2-5-1;1-2-3-4-5;1-2(3)4;1-5(2,3)4;;;;1-4(2)3/h3-4H,2,5-8H2,1H3;1-2,18H,3-7H2;2-3H,4H2,1H3;2-3H,4H2,1H3,(H2,12,13,15,16);2-3H,1H3,(H2,10,11,12,13);1H,(H2,5,6,8,9);1H,5H2,(H2,6,7,8,9);5H,1-4H2;2-4H,1H3;1H3,(H,3,4);;1H;;;/b;;;;;;;;3-2+;;;;;;. The molecule has 15 heterocycles. The summed E-state index contributed by atoms with van der Waals surface area (Å²) in [6.45, 7) is 19.0. The number of nitrogens with one attached hydrogen (secondary N) is 9. The number of aryl methyl sites for hydroxylation is 2. The number of pyridine rings is 5. The fraction of sp³-hybridized carbons (Fsp3) is 0.310. The number of carbonyl (C=O) groups excluding carboxylic acids is 3. The van der Waals surface area contributed by atoms with Crippen molar-refractivity contribution in [3.05, 3.63) is 228 Å². The third kappa shape index (κ3) is 46.6. The summed E-state index contributed by atoms with van der Waals surface area (Å²) in [4.78, 5) is 202. The van der Waals surface area contributed by atoms with E-state index < -0.39 is 82.0 Å². The first-order valence-corrected chi connectivity index (χ1v) is 53.4. The second-order valence-corrected chi connectivity index (χ2v) is 33.7. The third-order valence-electron chi connectivity index (χ3n) is 15.0. The molecule has 0 atom stereocenters. The molecule has 132 heavy (non-hydrogen) atoms. The van der Waals surface area contributed by atoms with E-state index in [0.29, 0.717) is 82.4 Å². The number of allylic oxidation sites excluding steroid dienone is 2. The topological polar surface area (TPSA) is 698 Å². The minimum atomic E-state index is -3.22. The molecule has 3 aliphatic rings. The molecular weight excluding hydrogens is 2000 g/mol. The van der Waals surface area contributed by atoms with Crippen LogP contribution in [0.2, 0.25) is 21.0 Å². The van der Waals surface area contributed by atoms with Crippen LogP contribution >= 0.6 is 97.7 Å². The van der Waals surface area contributed by atoms with Crippen molar-refractivity contribution in [2.45, 2.75) is 67.8 Å². The molecule has 3 fully saturated rings. The zero-order chi connectivity index (χ0) is 98.0. The minimum absolute atomic E-state index is 0. The van der Waals surface area contributed by atoms with Gasteiger partial charge in [-0.1, -0.05) is 24.6 Å². The van der Waals surface area contributed by atoms with Crippen molar-refractivity contribution in [3.63, 3.8) is 0 Å². The van der Waals surface area contributed by atoms with Crippen LogP contribution < -0.4 is 65.8 Å². The number of morpholine rings is 3. The zero-order valence-electron chi connectivity index (χ0n) is 70.5. The number of rotatable bonds is 10. The van der Waals surface area contributed by atoms with E-state index in [2.05, 4.69) is 147 Å². The van der Waals surface area contributed by atoms with Gasteiger partial charge >= 0.3 is 94.8 Å². The number of carboxylic acids is 1. The number of fused-ring (bicyclic) bond motifs is 5. The number of esters is 2. The summed E-state index contributed by atoms with van der Waals surface area (Å²) in [6.07, 6.45) is 6.68. The van der Waals surface area contributed by atoms with Gasteiger partial charge in [-0.25, -0.2) is 64.0 Å². The van der Waals surface area contributed by atoms with Crippen LogP contribution in [-0.2, 0) is 94.1 Å². The van der Waals surface area contributed by atoms with Gasteiger partial charge in [0.15, 0.2) is 27.8 Å². The molecule has 0 amide bonds. The van der Waals surface area contributed by atoms with Crippen LogP contribution in [0.15, 0.2) is 124 Å². The normalized spacial score (nSPS) is 12.1. The molecule has 12 aromatic heterocycles. The van der Waals surface area contributed by atoms with Crippen LogP contribution in [-0.4, -0.2) is 265 Å². The molecule has 12 aromatic rings. The summed E-state index contributed by atoms with van der Waals surface area (Å²) >= 11 is 43.8. The molecule has 0 unspecified atom stereocenters. The first-order chi connectivity index (χ1) is 62.0. The number of H-pyrrole nitrogens is 8. The summed E-state index contributed by atoms with van der Waals surface area (Å²) in [6, 6.07) is 17.4. The molecule has 702 valence electrons. The Balaban J connectivity index is 0.000000502. The molecule has 48 nitrogen and oxygen atoms in total. The van der Waals surface area contributed by atoms with E-state index in [9.17, 15) is 72.5 Å². The first kappa shape index (κ1) is 118. The SMILES string of the molecule is C/C=C/C=O.C1COCCN1.CC(=O)O.CC(=O)OCc1ccc2[nH]c(=O)[nH]c(=O)c2n1.CC(=O)OCc1ccc2nc(Cl)nc(Cl)c2n1.CCc1ccc2nc(Cl)nc(N3CCOCC3)c2n1.Cc1ccc2[nH]c(=O)[nH]c(=O)c2n1.Cl.Nc1c[nH]c(=O)[nH]c1=O.O=P(Cl)(Cl)Cl.O=S(=O)=S.O=c1[nH]cc([N+](=O)[O-])c(=O)[nH]1.OCc1ccc2nc(Cl)nc(N3CCOCC3)c2n1.[Na][Na]. The Hall–Kier alpha value is -9.98. The van der Waals surface area contributed by atoms with Gasteiger partial charge in [-0.2, -0.15) is 18.4 Å². The predicted molar refractivity (Wildman–Crippen MR) is 500 cm³/mol. The molecule has 13 N–H and O–H groups in total. The second-order valence-electron chi connectivity index (χ2n) is 24.4. The number of aromatic nitrogens is 19. The second kappa shape index (κ2) is 63.2. The molecule has 3 aliphatic heterocycles. The van der Waals surface area contributed by atoms with Gasteiger partial charge in [-0.15, -0.1) is 12.4 Å². The Morgan fingerprint density at radius 3 is 1.33 bits per heavy atom. The number of aliphatic hydroxyl groups is 1. The number of nitro groups is 1. The van der Waals surface area contributed by atoms with E-state index in [4.69, 9.17) is 94.1 Å². The molecule has 0 bridgehead atoms. The van der Waals surface area contributed by atoms with Crippen molar-refractivity contribution in [2.75, 3.05) is 94.4 Å². The molecule has 15 rings (SSSR count). The van der Waals surface area contributed by atoms with E-state index >= 15 is 0 Å². The number of ether oxygens (including phenoxy) is 5. The van der Waals surface area contributed by atoms with E-state index in [1.807, 2.05) is 22.1 Å². The number of nitrogens with zero attached hydrogens (tertiary/aromatic N) is 14. The Morgan fingerprint density at radius 1 is 0.576 bits per heavy atom. The van der Waals surface area contributed by atoms with Crippen LogP contribution in [0.25, 0.3) is 55.2 Å². The van der Waals surface area contributed by atoms with Crippen molar-refractivity contribution in [1.29, 1.82) is 0 Å². The van der Waals surface area contributed by atoms with Crippen molar-refractivity contribution < 1.29 is 71.0 Å². The first-order valence-electron chi connectivity index (χ1n) is 37.5. The van der Waals surface area contributed by atoms with Gasteiger partial charge in [0.2, 0.25) is 15.9 Å². The molecule has 0 radical (unpaired) electrons. The molecule has 0 saturated carbocycles. The number of aldehydes is 1. The number of hydrogen-bond acceptors (Lipinski definition) is 39. The number of halogens is 8. The van der Waals surface area contributed by atoms with Crippen LogP contribution in [0, 0.1) is 17.0 Å². The third-order valence-corrected chi connectivity index (χ3v) is 15.7. The van der Waals surface area contributed by atoms with Gasteiger partial charge in [-0.05, 0) is 156 Å². The number of nitrogens with two attached hydrogens (primary N) is 1. The molecule has 3 saturated heterocycles. The van der Waals surface area contributed by atoms with Crippen molar-refractivity contribution in [1.82, 2.24) is 100 Å². The van der Waals surface area contributed by atoms with Crippen molar-refractivity contribution in [2.24, 2.45) is 0 Å². The van der Waals surface area contributed by atoms with Crippen molar-refractivity contribution >= 4 is 264 Å². The van der Waals surface area contributed by atoms with Crippen LogP contribution in [0.5, 0.6) is 0 Å². The molecular formula is C71H79Cl8N24Na2O24PS2. The maximum atomic E-state index is 11.4. The Morgan fingerprint density at radius 2 is 0.947 bits per heavy atom. The number of nitrogen functional groups attached to an aromatic ring is 1. The number of carbonyl (C=O) groups is 4. The Bertz CT molecular complexity index is 6440. The molecule has 0 aromatic carbocycles. The molecule has 0 spiro atoms. The fourth-order valence-corrected chi connectivity index (χ4v) is 10.4.